The molecular formula is C19H36N2O2. The normalized spacial score (nSPS) is 10.7. The predicted molar refractivity (Wildman–Crippen MR) is 101 cm³/mol. The number of nitrogens with zero attached hydrogens (tertiary/aromatic N) is 1. The van der Waals surface area contributed by atoms with E-state index in [0.29, 0.717) is 18.5 Å². The van der Waals surface area contributed by atoms with Crippen LogP contribution in [0.2, 0.25) is 0 Å². The van der Waals surface area contributed by atoms with Gasteiger partial charge in [-0.2, -0.15) is 0 Å². The molecule has 1 rings (SSSR count). The maximum atomic E-state index is 10.3. The summed E-state index contributed by atoms with van der Waals surface area (Å²) >= 11 is 0. The number of aliphatic hydroxyl groups excluding tert-OH is 1. The number of anilines is 1. The number of amides is 1. The van der Waals surface area contributed by atoms with E-state index in [9.17, 15) is 4.79 Å². The molecule has 0 fully saturated rings. The highest BCUT2D eigenvalue weighted by atomic mass is 16.2. The Balaban J connectivity index is 0. The van der Waals surface area contributed by atoms with Gasteiger partial charge in [-0.3, -0.25) is 4.79 Å². The highest BCUT2D eigenvalue weighted by molar-refractivity contribution is 5.56. The molecule has 0 saturated heterocycles. The van der Waals surface area contributed by atoms with Crippen molar-refractivity contribution in [3.8, 4) is 0 Å². The molecule has 0 heterocycles. The molecule has 4 heteroatoms. The maximum absolute atomic E-state index is 10.3. The van der Waals surface area contributed by atoms with Gasteiger partial charge in [-0.1, -0.05) is 39.8 Å². The predicted octanol–water partition coefficient (Wildman–Crippen LogP) is 3.40. The number of hydrogen-bond donors (Lipinski definition) is 2. The van der Waals surface area contributed by atoms with Gasteiger partial charge >= 0.3 is 0 Å². The SMILES string of the molecule is CC.CO.Cc1ccc(CCNC=O)c(N(C)C(C)C(C)C)c1. The van der Waals surface area contributed by atoms with Crippen LogP contribution in [0.3, 0.4) is 0 Å². The largest absolute Gasteiger partial charge is 0.400 e. The number of aryl methyl sites for hydroxylation is 1. The first kappa shape index (κ1) is 23.7. The molecule has 0 bridgehead atoms. The molecule has 0 saturated carbocycles. The van der Waals surface area contributed by atoms with Crippen LogP contribution in [0, 0.1) is 12.8 Å². The van der Waals surface area contributed by atoms with Gasteiger partial charge in [-0.15, -0.1) is 0 Å². The first-order valence-corrected chi connectivity index (χ1v) is 8.41. The molecule has 2 N–H and O–H groups in total. The Kier molecular flexibility index (Phi) is 14.5. The minimum absolute atomic E-state index is 0.486. The van der Waals surface area contributed by atoms with E-state index >= 15 is 0 Å². The van der Waals surface area contributed by atoms with Crippen molar-refractivity contribution in [3.63, 3.8) is 0 Å². The van der Waals surface area contributed by atoms with Crippen molar-refractivity contribution in [2.75, 3.05) is 25.6 Å². The zero-order valence-electron chi connectivity index (χ0n) is 16.2. The third kappa shape index (κ3) is 8.60. The summed E-state index contributed by atoms with van der Waals surface area (Å²) in [5.41, 5.74) is 3.83. The van der Waals surface area contributed by atoms with Gasteiger partial charge in [0.1, 0.15) is 0 Å². The lowest BCUT2D eigenvalue weighted by Crippen LogP contribution is -2.34. The quantitative estimate of drug-likeness (QED) is 0.597. The van der Waals surface area contributed by atoms with Crippen molar-refractivity contribution in [3.05, 3.63) is 29.3 Å². The van der Waals surface area contributed by atoms with Crippen molar-refractivity contribution in [1.82, 2.24) is 5.32 Å². The highest BCUT2D eigenvalue weighted by Crippen LogP contribution is 2.25. The van der Waals surface area contributed by atoms with Crippen LogP contribution in [0.1, 0.15) is 45.7 Å². The van der Waals surface area contributed by atoms with E-state index in [-0.39, 0.29) is 0 Å². The zero-order chi connectivity index (χ0) is 18.4. The van der Waals surface area contributed by atoms with E-state index < -0.39 is 0 Å². The second-order valence-corrected chi connectivity index (χ2v) is 5.55. The van der Waals surface area contributed by atoms with Crippen molar-refractivity contribution in [2.24, 2.45) is 5.92 Å². The van der Waals surface area contributed by atoms with Crippen LogP contribution in [-0.2, 0) is 11.2 Å². The van der Waals surface area contributed by atoms with Gasteiger partial charge in [0, 0.05) is 32.4 Å². The number of nitrogens with one attached hydrogen (secondary N) is 1. The molecule has 1 atom stereocenters. The van der Waals surface area contributed by atoms with Crippen LogP contribution in [0.5, 0.6) is 0 Å². The Bertz CT molecular complexity index is 420. The fourth-order valence-corrected chi connectivity index (χ4v) is 2.15. The number of carbonyl (C=O) groups excluding carboxylic acids is 1. The lowest BCUT2D eigenvalue weighted by atomic mass is 10.0. The molecule has 4 nitrogen and oxygen atoms in total. The lowest BCUT2D eigenvalue weighted by Gasteiger charge is -2.32. The topological polar surface area (TPSA) is 52.6 Å². The van der Waals surface area contributed by atoms with Gasteiger partial charge in [0.2, 0.25) is 6.41 Å². The number of rotatable bonds is 7. The summed E-state index contributed by atoms with van der Waals surface area (Å²) in [6.45, 7) is 13.5. The number of carbonyl (C=O) groups is 1. The Labute approximate surface area is 142 Å². The molecule has 0 radical (unpaired) electrons. The van der Waals surface area contributed by atoms with Gasteiger partial charge in [0.15, 0.2) is 0 Å². The second-order valence-electron chi connectivity index (χ2n) is 5.55. The number of benzene rings is 1. The van der Waals surface area contributed by atoms with Gasteiger partial charge in [0.05, 0.1) is 0 Å². The molecule has 0 aromatic heterocycles. The fraction of sp³-hybridized carbons (Fsp3) is 0.632. The highest BCUT2D eigenvalue weighted by Gasteiger charge is 2.16. The minimum Gasteiger partial charge on any atom is -0.400 e. The Morgan fingerprint density at radius 3 is 2.26 bits per heavy atom. The third-order valence-corrected chi connectivity index (χ3v) is 3.82. The standard InChI is InChI=1S/C16H26N2O.C2H6.CH4O/c1-12(2)14(4)18(5)16-10-13(3)6-7-15(16)8-9-17-11-19;2*1-2/h6-7,10-12,14H,8-9H2,1-5H3,(H,17,19);1-2H3;2H,1H3. The summed E-state index contributed by atoms with van der Waals surface area (Å²) < 4.78 is 0. The van der Waals surface area contributed by atoms with Crippen molar-refractivity contribution >= 4 is 12.1 Å². The molecular weight excluding hydrogens is 288 g/mol. The Hall–Kier alpha value is -1.55. The molecule has 1 amide bonds. The van der Waals surface area contributed by atoms with Crippen LogP contribution < -0.4 is 10.2 Å². The average molecular weight is 325 g/mol. The number of hydrogen-bond acceptors (Lipinski definition) is 3. The van der Waals surface area contributed by atoms with E-state index in [4.69, 9.17) is 5.11 Å². The van der Waals surface area contributed by atoms with Crippen LogP contribution in [0.15, 0.2) is 18.2 Å². The summed E-state index contributed by atoms with van der Waals surface area (Å²) in [5.74, 6) is 0.603. The van der Waals surface area contributed by atoms with Crippen LogP contribution in [0.4, 0.5) is 5.69 Å². The molecule has 1 unspecified atom stereocenters. The number of aliphatic hydroxyl groups is 1. The summed E-state index contributed by atoms with van der Waals surface area (Å²) in [5, 5.41) is 9.73. The fourth-order valence-electron chi connectivity index (χ4n) is 2.15. The van der Waals surface area contributed by atoms with Crippen molar-refractivity contribution in [2.45, 2.75) is 54.0 Å². The van der Waals surface area contributed by atoms with Gasteiger partial charge in [0.25, 0.3) is 0 Å². The van der Waals surface area contributed by atoms with Gasteiger partial charge in [-0.05, 0) is 43.4 Å². The molecule has 1 aromatic carbocycles. The Morgan fingerprint density at radius 2 is 1.78 bits per heavy atom. The van der Waals surface area contributed by atoms with Crippen molar-refractivity contribution in [1.29, 1.82) is 0 Å². The van der Waals surface area contributed by atoms with E-state index in [1.165, 1.54) is 16.8 Å². The second kappa shape index (κ2) is 14.1. The van der Waals surface area contributed by atoms with Crippen molar-refractivity contribution < 1.29 is 9.90 Å². The van der Waals surface area contributed by atoms with Crippen LogP contribution >= 0.6 is 0 Å². The molecule has 134 valence electrons. The first-order valence-electron chi connectivity index (χ1n) is 8.41. The van der Waals surface area contributed by atoms with E-state index in [1.54, 1.807) is 0 Å². The molecule has 0 spiro atoms. The molecule has 23 heavy (non-hydrogen) atoms. The molecule has 0 aliphatic rings. The maximum Gasteiger partial charge on any atom is 0.207 e. The lowest BCUT2D eigenvalue weighted by molar-refractivity contribution is -0.109. The zero-order valence-corrected chi connectivity index (χ0v) is 16.2. The Morgan fingerprint density at radius 1 is 1.22 bits per heavy atom. The summed E-state index contributed by atoms with van der Waals surface area (Å²) in [4.78, 5) is 12.7. The average Bonchev–Trinajstić information content (AvgIpc) is 2.58. The monoisotopic (exact) mass is 324 g/mol. The van der Waals surface area contributed by atoms with Gasteiger partial charge in [-0.25, -0.2) is 0 Å². The summed E-state index contributed by atoms with van der Waals surface area (Å²) in [7, 11) is 3.15. The van der Waals surface area contributed by atoms with E-state index in [1.807, 2.05) is 13.8 Å². The smallest absolute Gasteiger partial charge is 0.207 e. The molecule has 1 aromatic rings. The first-order chi connectivity index (χ1) is 11.0. The van der Waals surface area contributed by atoms with E-state index in [2.05, 4.69) is 63.2 Å². The minimum atomic E-state index is 0.486. The van der Waals surface area contributed by atoms with Crippen LogP contribution in [0.25, 0.3) is 0 Å². The van der Waals surface area contributed by atoms with E-state index in [0.717, 1.165) is 19.9 Å². The van der Waals surface area contributed by atoms with Gasteiger partial charge < -0.3 is 15.3 Å². The third-order valence-electron chi connectivity index (χ3n) is 3.82. The van der Waals surface area contributed by atoms with Crippen LogP contribution in [-0.4, -0.2) is 38.3 Å². The summed E-state index contributed by atoms with van der Waals surface area (Å²) in [6, 6.07) is 7.02. The summed E-state index contributed by atoms with van der Waals surface area (Å²) in [6.07, 6.45) is 1.62. The molecule has 0 aliphatic heterocycles. The molecule has 0 aliphatic carbocycles.